The van der Waals surface area contributed by atoms with E-state index in [0.29, 0.717) is 5.69 Å². The van der Waals surface area contributed by atoms with Gasteiger partial charge in [0.1, 0.15) is 10.7 Å². The molecule has 1 heterocycles. The number of halogens is 1. The molecule has 9 heteroatoms. The Labute approximate surface area is 119 Å². The molecule has 0 amide bonds. The van der Waals surface area contributed by atoms with E-state index in [-0.39, 0.29) is 12.1 Å². The molecule has 0 unspecified atom stereocenters. The molecule has 1 aromatic heterocycles. The number of aromatic nitrogens is 2. The van der Waals surface area contributed by atoms with E-state index in [4.69, 9.17) is 5.11 Å². The molecular weight excluding hydrogens is 301 g/mol. The summed E-state index contributed by atoms with van der Waals surface area (Å²) in [6.45, 7) is -0.188. The van der Waals surface area contributed by atoms with Crippen LogP contribution in [0.5, 0.6) is 0 Å². The van der Waals surface area contributed by atoms with Crippen LogP contribution in [0.4, 0.5) is 4.39 Å². The Hall–Kier alpha value is -2.39. The maximum absolute atomic E-state index is 13.6. The van der Waals surface area contributed by atoms with Crippen molar-refractivity contribution in [3.05, 3.63) is 53.6 Å². The number of hydrogen-bond donors (Lipinski definition) is 2. The fourth-order valence-corrected chi connectivity index (χ4v) is 2.62. The zero-order chi connectivity index (χ0) is 15.5. The van der Waals surface area contributed by atoms with E-state index in [9.17, 15) is 17.6 Å². The molecule has 21 heavy (non-hydrogen) atoms. The van der Waals surface area contributed by atoms with E-state index in [1.54, 1.807) is 12.1 Å². The van der Waals surface area contributed by atoms with Gasteiger partial charge in [0.05, 0.1) is 17.8 Å². The van der Waals surface area contributed by atoms with Gasteiger partial charge in [-0.3, -0.25) is 0 Å². The highest BCUT2D eigenvalue weighted by Crippen LogP contribution is 2.16. The van der Waals surface area contributed by atoms with Gasteiger partial charge in [0.25, 0.3) is 0 Å². The van der Waals surface area contributed by atoms with Crippen molar-refractivity contribution in [1.82, 2.24) is 14.9 Å². The first-order valence-electron chi connectivity index (χ1n) is 5.69. The van der Waals surface area contributed by atoms with Gasteiger partial charge in [-0.15, -0.1) is 0 Å². The van der Waals surface area contributed by atoms with Gasteiger partial charge in [0, 0.05) is 6.20 Å². The molecule has 2 rings (SSSR count). The minimum Gasteiger partial charge on any atom is -0.478 e. The van der Waals surface area contributed by atoms with E-state index in [2.05, 4.69) is 14.9 Å². The van der Waals surface area contributed by atoms with Crippen molar-refractivity contribution in [1.29, 1.82) is 0 Å². The fraction of sp³-hybridized carbons (Fsp3) is 0.0833. The van der Waals surface area contributed by atoms with Crippen LogP contribution in [0.2, 0.25) is 0 Å². The SMILES string of the molecule is O=C(O)c1ccc(F)c(S(=O)(=O)NCc2cccnn2)c1. The van der Waals surface area contributed by atoms with Crippen molar-refractivity contribution in [2.45, 2.75) is 11.4 Å². The lowest BCUT2D eigenvalue weighted by Crippen LogP contribution is -2.25. The van der Waals surface area contributed by atoms with Crippen LogP contribution >= 0.6 is 0 Å². The standard InChI is InChI=1S/C12H10FN3O4S/c13-10-4-3-8(12(17)18)6-11(10)21(19,20)15-7-9-2-1-5-14-16-9/h1-6,15H,7H2,(H,17,18). The third kappa shape index (κ3) is 3.58. The molecule has 0 atom stereocenters. The van der Waals surface area contributed by atoms with Crippen LogP contribution in [0.25, 0.3) is 0 Å². The summed E-state index contributed by atoms with van der Waals surface area (Å²) in [5, 5.41) is 16.1. The predicted molar refractivity (Wildman–Crippen MR) is 69.4 cm³/mol. The quantitative estimate of drug-likeness (QED) is 0.845. The Balaban J connectivity index is 2.27. The highest BCUT2D eigenvalue weighted by molar-refractivity contribution is 7.89. The Morgan fingerprint density at radius 1 is 1.33 bits per heavy atom. The van der Waals surface area contributed by atoms with Gasteiger partial charge in [-0.2, -0.15) is 10.2 Å². The second-order valence-corrected chi connectivity index (χ2v) is 5.73. The van der Waals surface area contributed by atoms with Gasteiger partial charge in [-0.05, 0) is 30.3 Å². The van der Waals surface area contributed by atoms with Crippen molar-refractivity contribution in [3.8, 4) is 0 Å². The number of nitrogens with one attached hydrogen (secondary N) is 1. The van der Waals surface area contributed by atoms with Crippen LogP contribution in [-0.2, 0) is 16.6 Å². The molecule has 0 aliphatic heterocycles. The van der Waals surface area contributed by atoms with Crippen molar-refractivity contribution in [2.75, 3.05) is 0 Å². The summed E-state index contributed by atoms with van der Waals surface area (Å²) in [7, 11) is -4.20. The molecule has 0 aliphatic rings. The maximum Gasteiger partial charge on any atom is 0.335 e. The molecule has 0 saturated carbocycles. The van der Waals surface area contributed by atoms with Crippen molar-refractivity contribution in [2.24, 2.45) is 0 Å². The summed E-state index contributed by atoms with van der Waals surface area (Å²) in [5.74, 6) is -2.38. The number of carbonyl (C=O) groups is 1. The lowest BCUT2D eigenvalue weighted by molar-refractivity contribution is 0.0696. The third-order valence-corrected chi connectivity index (χ3v) is 3.95. The molecule has 2 N–H and O–H groups in total. The minimum atomic E-state index is -4.20. The van der Waals surface area contributed by atoms with Gasteiger partial charge in [0.15, 0.2) is 0 Å². The van der Waals surface area contributed by atoms with E-state index < -0.39 is 26.7 Å². The molecule has 0 radical (unpaired) electrons. The first-order chi connectivity index (χ1) is 9.90. The first-order valence-corrected chi connectivity index (χ1v) is 7.17. The van der Waals surface area contributed by atoms with Gasteiger partial charge in [-0.25, -0.2) is 22.3 Å². The second-order valence-electron chi connectivity index (χ2n) is 3.99. The zero-order valence-electron chi connectivity index (χ0n) is 10.5. The van der Waals surface area contributed by atoms with Gasteiger partial charge in [0.2, 0.25) is 10.0 Å². The molecule has 0 saturated heterocycles. The molecule has 0 aliphatic carbocycles. The number of sulfonamides is 1. The Bertz CT molecular complexity index is 765. The molecule has 7 nitrogen and oxygen atoms in total. The largest absolute Gasteiger partial charge is 0.478 e. The number of benzene rings is 1. The van der Waals surface area contributed by atoms with E-state index in [1.165, 1.54) is 6.20 Å². The van der Waals surface area contributed by atoms with E-state index >= 15 is 0 Å². The van der Waals surface area contributed by atoms with Gasteiger partial charge in [-0.1, -0.05) is 0 Å². The van der Waals surface area contributed by atoms with E-state index in [0.717, 1.165) is 18.2 Å². The predicted octanol–water partition coefficient (Wildman–Crippen LogP) is 0.792. The van der Waals surface area contributed by atoms with E-state index in [1.807, 2.05) is 0 Å². The second kappa shape index (κ2) is 5.94. The number of hydrogen-bond acceptors (Lipinski definition) is 5. The molecule has 0 fully saturated rings. The molecular formula is C12H10FN3O4S. The van der Waals surface area contributed by atoms with Gasteiger partial charge < -0.3 is 5.11 Å². The summed E-state index contributed by atoms with van der Waals surface area (Å²) in [5.41, 5.74) is 0.0205. The summed E-state index contributed by atoms with van der Waals surface area (Å²) >= 11 is 0. The number of nitrogens with zero attached hydrogens (tertiary/aromatic N) is 2. The number of carboxylic acids is 1. The lowest BCUT2D eigenvalue weighted by atomic mass is 10.2. The van der Waals surface area contributed by atoms with Crippen LogP contribution < -0.4 is 4.72 Å². The average Bonchev–Trinajstić information content (AvgIpc) is 2.46. The number of aromatic carboxylic acids is 1. The Morgan fingerprint density at radius 2 is 2.10 bits per heavy atom. The molecule has 1 aromatic carbocycles. The van der Waals surface area contributed by atoms with Crippen molar-refractivity contribution in [3.63, 3.8) is 0 Å². The fourth-order valence-electron chi connectivity index (χ4n) is 1.52. The monoisotopic (exact) mass is 311 g/mol. The summed E-state index contributed by atoms with van der Waals surface area (Å²) in [6.07, 6.45) is 1.42. The van der Waals surface area contributed by atoms with Crippen LogP contribution in [-0.4, -0.2) is 29.7 Å². The molecule has 2 aromatic rings. The maximum atomic E-state index is 13.6. The van der Waals surface area contributed by atoms with Crippen LogP contribution in [0, 0.1) is 5.82 Å². The topological polar surface area (TPSA) is 109 Å². The average molecular weight is 311 g/mol. The molecule has 0 bridgehead atoms. The highest BCUT2D eigenvalue weighted by Gasteiger charge is 2.21. The Morgan fingerprint density at radius 3 is 2.71 bits per heavy atom. The van der Waals surface area contributed by atoms with Crippen molar-refractivity contribution >= 4 is 16.0 Å². The highest BCUT2D eigenvalue weighted by atomic mass is 32.2. The number of carboxylic acid groups (broad SMARTS) is 1. The third-order valence-electron chi connectivity index (χ3n) is 2.54. The normalized spacial score (nSPS) is 11.3. The Kier molecular flexibility index (Phi) is 4.24. The molecule has 110 valence electrons. The van der Waals surface area contributed by atoms with Crippen LogP contribution in [0.3, 0.4) is 0 Å². The molecule has 0 spiro atoms. The first kappa shape index (κ1) is 15.0. The van der Waals surface area contributed by atoms with Crippen LogP contribution in [0.1, 0.15) is 16.1 Å². The minimum absolute atomic E-state index is 0.188. The van der Waals surface area contributed by atoms with Gasteiger partial charge >= 0.3 is 5.97 Å². The summed E-state index contributed by atoms with van der Waals surface area (Å²) in [4.78, 5) is 10.1. The summed E-state index contributed by atoms with van der Waals surface area (Å²) in [6, 6.07) is 5.65. The van der Waals surface area contributed by atoms with Crippen molar-refractivity contribution < 1.29 is 22.7 Å². The summed E-state index contributed by atoms with van der Waals surface area (Å²) < 4.78 is 39.8. The smallest absolute Gasteiger partial charge is 0.335 e. The zero-order valence-corrected chi connectivity index (χ0v) is 11.3. The number of rotatable bonds is 5. The lowest BCUT2D eigenvalue weighted by Gasteiger charge is -2.08. The van der Waals surface area contributed by atoms with Crippen LogP contribution in [0.15, 0.2) is 41.4 Å².